The molecule has 0 amide bonds. The highest BCUT2D eigenvalue weighted by molar-refractivity contribution is 9.09. The van der Waals surface area contributed by atoms with Crippen LogP contribution in [-0.4, -0.2) is 27.3 Å². The first-order chi connectivity index (χ1) is 10.5. The van der Waals surface area contributed by atoms with E-state index in [2.05, 4.69) is 20.9 Å². The summed E-state index contributed by atoms with van der Waals surface area (Å²) >= 11 is 15.9. The summed E-state index contributed by atoms with van der Waals surface area (Å²) in [4.78, 5) is 4.09. The molecule has 0 radical (unpaired) electrons. The Balaban J connectivity index is 2.03. The van der Waals surface area contributed by atoms with Crippen LogP contribution in [0.2, 0.25) is 10.0 Å². The maximum atomic E-state index is 6.42. The van der Waals surface area contributed by atoms with Crippen molar-refractivity contribution in [3.05, 3.63) is 52.5 Å². The van der Waals surface area contributed by atoms with Crippen molar-refractivity contribution in [1.82, 2.24) is 9.55 Å². The molecule has 0 spiro atoms. The number of hydrogen-bond acceptors (Lipinski definition) is 3. The van der Waals surface area contributed by atoms with Gasteiger partial charge in [-0.05, 0) is 19.1 Å². The third kappa shape index (κ3) is 3.05. The Morgan fingerprint density at radius 1 is 1.41 bits per heavy atom. The standard InChI is InChI=1S/C15H15BrCl2N2O2/c1-14(7-16)21-9-15(22-14,8-20-5-4-19-10-20)12-3-2-11(17)6-13(12)18/h2-6,10H,7-9H2,1H3/t14-,15+/m1/s1. The predicted molar refractivity (Wildman–Crippen MR) is 89.6 cm³/mol. The van der Waals surface area contributed by atoms with Crippen LogP contribution in [0.4, 0.5) is 0 Å². The number of hydrogen-bond donors (Lipinski definition) is 0. The van der Waals surface area contributed by atoms with Crippen molar-refractivity contribution in [2.45, 2.75) is 24.9 Å². The predicted octanol–water partition coefficient (Wildman–Crippen LogP) is 4.24. The molecule has 1 aliphatic heterocycles. The number of nitrogens with zero attached hydrogens (tertiary/aromatic N) is 2. The molecule has 0 saturated carbocycles. The van der Waals surface area contributed by atoms with E-state index < -0.39 is 11.4 Å². The van der Waals surface area contributed by atoms with Crippen molar-refractivity contribution >= 4 is 39.1 Å². The minimum Gasteiger partial charge on any atom is -0.346 e. The first kappa shape index (κ1) is 16.3. The lowest BCUT2D eigenvalue weighted by molar-refractivity contribution is -0.162. The number of halogens is 3. The number of rotatable bonds is 4. The second-order valence-electron chi connectivity index (χ2n) is 5.51. The Kier molecular flexibility index (Phi) is 4.54. The zero-order valence-electron chi connectivity index (χ0n) is 11.9. The van der Waals surface area contributed by atoms with Crippen LogP contribution in [0.15, 0.2) is 36.9 Å². The molecule has 0 unspecified atom stereocenters. The van der Waals surface area contributed by atoms with Crippen LogP contribution in [0, 0.1) is 0 Å². The third-order valence-electron chi connectivity index (χ3n) is 3.68. The van der Waals surface area contributed by atoms with Gasteiger partial charge in [-0.2, -0.15) is 0 Å². The zero-order valence-corrected chi connectivity index (χ0v) is 15.0. The normalized spacial score (nSPS) is 28.2. The highest BCUT2D eigenvalue weighted by Crippen LogP contribution is 2.44. The van der Waals surface area contributed by atoms with Crippen LogP contribution in [0.1, 0.15) is 12.5 Å². The maximum absolute atomic E-state index is 6.42. The number of benzene rings is 1. The van der Waals surface area contributed by atoms with Crippen molar-refractivity contribution in [1.29, 1.82) is 0 Å². The van der Waals surface area contributed by atoms with Crippen molar-refractivity contribution in [2.24, 2.45) is 0 Å². The van der Waals surface area contributed by atoms with Crippen LogP contribution in [-0.2, 0) is 21.6 Å². The molecule has 1 aromatic carbocycles. The molecule has 2 atom stereocenters. The molecule has 118 valence electrons. The Labute approximate surface area is 147 Å². The van der Waals surface area contributed by atoms with E-state index in [4.69, 9.17) is 32.7 Å². The van der Waals surface area contributed by atoms with E-state index in [-0.39, 0.29) is 0 Å². The van der Waals surface area contributed by atoms with Crippen LogP contribution >= 0.6 is 39.1 Å². The smallest absolute Gasteiger partial charge is 0.176 e. The van der Waals surface area contributed by atoms with E-state index in [9.17, 15) is 0 Å². The Morgan fingerprint density at radius 3 is 2.82 bits per heavy atom. The van der Waals surface area contributed by atoms with Gasteiger partial charge in [-0.25, -0.2) is 4.98 Å². The molecule has 2 heterocycles. The van der Waals surface area contributed by atoms with Crippen molar-refractivity contribution in [2.75, 3.05) is 11.9 Å². The van der Waals surface area contributed by atoms with Gasteiger partial charge in [-0.15, -0.1) is 0 Å². The van der Waals surface area contributed by atoms with Gasteiger partial charge in [0.15, 0.2) is 5.79 Å². The van der Waals surface area contributed by atoms with Gasteiger partial charge in [0.05, 0.1) is 24.8 Å². The summed E-state index contributed by atoms with van der Waals surface area (Å²) < 4.78 is 14.2. The molecular formula is C15H15BrCl2N2O2. The van der Waals surface area contributed by atoms with Crippen LogP contribution in [0.5, 0.6) is 0 Å². The number of aromatic nitrogens is 2. The van der Waals surface area contributed by atoms with Gasteiger partial charge in [0.1, 0.15) is 5.60 Å². The average Bonchev–Trinajstić information content (AvgIpc) is 3.09. The SMILES string of the molecule is C[C@@]1(CBr)OC[C@@](Cn2ccnc2)(c2ccc(Cl)cc2Cl)O1. The Hall–Kier alpha value is -0.590. The van der Waals surface area contributed by atoms with Crippen LogP contribution in [0.25, 0.3) is 0 Å². The fourth-order valence-electron chi connectivity index (χ4n) is 2.64. The van der Waals surface area contributed by atoms with E-state index >= 15 is 0 Å². The molecule has 0 N–H and O–H groups in total. The zero-order chi connectivity index (χ0) is 15.8. The van der Waals surface area contributed by atoms with Gasteiger partial charge < -0.3 is 14.0 Å². The molecule has 7 heteroatoms. The summed E-state index contributed by atoms with van der Waals surface area (Å²) in [6, 6.07) is 5.43. The Morgan fingerprint density at radius 2 is 2.23 bits per heavy atom. The number of ether oxygens (including phenoxy) is 2. The molecular weight excluding hydrogens is 391 g/mol. The maximum Gasteiger partial charge on any atom is 0.176 e. The van der Waals surface area contributed by atoms with Crippen molar-refractivity contribution in [3.8, 4) is 0 Å². The summed E-state index contributed by atoms with van der Waals surface area (Å²) in [5.74, 6) is -0.705. The van der Waals surface area contributed by atoms with E-state index in [1.807, 2.05) is 29.8 Å². The largest absolute Gasteiger partial charge is 0.346 e. The lowest BCUT2D eigenvalue weighted by atomic mass is 9.94. The summed E-state index contributed by atoms with van der Waals surface area (Å²) in [6.07, 6.45) is 5.37. The van der Waals surface area contributed by atoms with Gasteiger partial charge >= 0.3 is 0 Å². The number of imidazole rings is 1. The fourth-order valence-corrected chi connectivity index (χ4v) is 3.49. The highest BCUT2D eigenvalue weighted by atomic mass is 79.9. The summed E-state index contributed by atoms with van der Waals surface area (Å²) in [6.45, 7) is 2.85. The van der Waals surface area contributed by atoms with E-state index in [1.165, 1.54) is 0 Å². The summed E-state index contributed by atoms with van der Waals surface area (Å²) in [5, 5.41) is 1.72. The van der Waals surface area contributed by atoms with E-state index in [0.717, 1.165) is 5.56 Å². The minimum atomic E-state index is -0.705. The van der Waals surface area contributed by atoms with Gasteiger partial charge in [0.25, 0.3) is 0 Å². The molecule has 0 aliphatic carbocycles. The number of alkyl halides is 1. The first-order valence-corrected chi connectivity index (χ1v) is 8.65. The van der Waals surface area contributed by atoms with Gasteiger partial charge in [-0.3, -0.25) is 0 Å². The quantitative estimate of drug-likeness (QED) is 0.713. The van der Waals surface area contributed by atoms with Crippen LogP contribution in [0.3, 0.4) is 0 Å². The lowest BCUT2D eigenvalue weighted by Crippen LogP contribution is -2.37. The molecule has 1 aliphatic rings. The average molecular weight is 406 g/mol. The minimum absolute atomic E-state index is 0.397. The second-order valence-corrected chi connectivity index (χ2v) is 6.92. The summed E-state index contributed by atoms with van der Waals surface area (Å²) in [5.41, 5.74) is 0.169. The second kappa shape index (κ2) is 6.13. The van der Waals surface area contributed by atoms with Crippen molar-refractivity contribution in [3.63, 3.8) is 0 Å². The van der Waals surface area contributed by atoms with Gasteiger partial charge in [0.2, 0.25) is 0 Å². The van der Waals surface area contributed by atoms with E-state index in [1.54, 1.807) is 18.6 Å². The van der Waals surface area contributed by atoms with Crippen molar-refractivity contribution < 1.29 is 9.47 Å². The molecule has 1 saturated heterocycles. The molecule has 22 heavy (non-hydrogen) atoms. The third-order valence-corrected chi connectivity index (χ3v) is 5.25. The van der Waals surface area contributed by atoms with E-state index in [0.29, 0.717) is 28.5 Å². The molecule has 4 nitrogen and oxygen atoms in total. The topological polar surface area (TPSA) is 36.3 Å². The molecule has 2 aromatic rings. The molecule has 3 rings (SSSR count). The van der Waals surface area contributed by atoms with Gasteiger partial charge in [0, 0.05) is 28.0 Å². The van der Waals surface area contributed by atoms with Gasteiger partial charge in [-0.1, -0.05) is 45.2 Å². The molecule has 1 fully saturated rings. The highest BCUT2D eigenvalue weighted by Gasteiger charge is 2.49. The first-order valence-electron chi connectivity index (χ1n) is 6.78. The monoisotopic (exact) mass is 404 g/mol. The van der Waals surface area contributed by atoms with Crippen LogP contribution < -0.4 is 0 Å². The summed E-state index contributed by atoms with van der Waals surface area (Å²) in [7, 11) is 0. The lowest BCUT2D eigenvalue weighted by Gasteiger charge is -2.31. The molecule has 0 bridgehead atoms. The Bertz CT molecular complexity index is 668. The fraction of sp³-hybridized carbons (Fsp3) is 0.400. The molecule has 1 aromatic heterocycles.